The molecule has 1 aliphatic heterocycles. The van der Waals surface area contributed by atoms with Crippen molar-refractivity contribution in [2.24, 2.45) is 0 Å². The maximum absolute atomic E-state index is 3.97. The van der Waals surface area contributed by atoms with Crippen LogP contribution in [0.15, 0.2) is 42.7 Å². The maximum Gasteiger partial charge on any atom is 0.0532 e. The van der Waals surface area contributed by atoms with Gasteiger partial charge in [0.05, 0.1) is 6.20 Å². The molecule has 0 amide bonds. The molecule has 20 heavy (non-hydrogen) atoms. The van der Waals surface area contributed by atoms with E-state index in [2.05, 4.69) is 50.7 Å². The van der Waals surface area contributed by atoms with Crippen LogP contribution in [-0.2, 0) is 13.1 Å². The van der Waals surface area contributed by atoms with Gasteiger partial charge in [-0.2, -0.15) is 5.10 Å². The minimum Gasteiger partial charge on any atom is -0.310 e. The fraction of sp³-hybridized carbons (Fsp3) is 0.438. The van der Waals surface area contributed by atoms with Gasteiger partial charge in [0.15, 0.2) is 0 Å². The van der Waals surface area contributed by atoms with Crippen molar-refractivity contribution >= 4 is 0 Å². The Bertz CT molecular complexity index is 486. The molecule has 4 nitrogen and oxygen atoms in total. The zero-order valence-corrected chi connectivity index (χ0v) is 11.8. The van der Waals surface area contributed by atoms with E-state index in [-0.39, 0.29) is 0 Å². The summed E-state index contributed by atoms with van der Waals surface area (Å²) in [5, 5.41) is 10.4. The van der Waals surface area contributed by atoms with Crippen LogP contribution in [0.3, 0.4) is 0 Å². The van der Waals surface area contributed by atoms with Gasteiger partial charge in [-0.1, -0.05) is 30.3 Å². The molecule has 0 radical (unpaired) electrons. The summed E-state index contributed by atoms with van der Waals surface area (Å²) in [6.45, 7) is 4.35. The number of benzene rings is 1. The van der Waals surface area contributed by atoms with Gasteiger partial charge in [-0.05, 0) is 31.5 Å². The van der Waals surface area contributed by atoms with Crippen LogP contribution in [0, 0.1) is 0 Å². The summed E-state index contributed by atoms with van der Waals surface area (Å²) in [6, 6.07) is 11.4. The topological polar surface area (TPSA) is 44.0 Å². The van der Waals surface area contributed by atoms with Crippen LogP contribution in [-0.4, -0.2) is 34.2 Å². The monoisotopic (exact) mass is 270 g/mol. The molecule has 0 unspecified atom stereocenters. The van der Waals surface area contributed by atoms with Gasteiger partial charge in [0, 0.05) is 30.9 Å². The first-order valence-corrected chi connectivity index (χ1v) is 7.37. The second kappa shape index (κ2) is 6.68. The number of piperidine rings is 1. The highest BCUT2D eigenvalue weighted by molar-refractivity contribution is 5.14. The molecule has 0 spiro atoms. The molecular weight excluding hydrogens is 248 g/mol. The van der Waals surface area contributed by atoms with Crippen LogP contribution < -0.4 is 5.32 Å². The average molecular weight is 270 g/mol. The fourth-order valence-electron chi connectivity index (χ4n) is 2.77. The van der Waals surface area contributed by atoms with Crippen molar-refractivity contribution in [2.75, 3.05) is 13.1 Å². The largest absolute Gasteiger partial charge is 0.310 e. The maximum atomic E-state index is 3.97. The Morgan fingerprint density at radius 1 is 1.15 bits per heavy atom. The number of rotatable bonds is 5. The van der Waals surface area contributed by atoms with E-state index in [0.29, 0.717) is 6.04 Å². The van der Waals surface area contributed by atoms with Crippen molar-refractivity contribution in [3.63, 3.8) is 0 Å². The molecule has 2 N–H and O–H groups in total. The lowest BCUT2D eigenvalue weighted by Gasteiger charge is -2.32. The SMILES string of the molecule is c1ccc(CN2CCC(NCc3cn[nH]c3)CC2)cc1. The first-order valence-electron chi connectivity index (χ1n) is 7.37. The molecule has 0 saturated carbocycles. The normalized spacial score (nSPS) is 17.4. The van der Waals surface area contributed by atoms with Crippen molar-refractivity contribution in [2.45, 2.75) is 32.0 Å². The quantitative estimate of drug-likeness (QED) is 0.875. The van der Waals surface area contributed by atoms with Crippen molar-refractivity contribution in [1.29, 1.82) is 0 Å². The first-order chi connectivity index (χ1) is 9.90. The molecule has 1 saturated heterocycles. The fourth-order valence-corrected chi connectivity index (χ4v) is 2.77. The van der Waals surface area contributed by atoms with E-state index in [0.717, 1.165) is 13.1 Å². The zero-order valence-electron chi connectivity index (χ0n) is 11.8. The van der Waals surface area contributed by atoms with E-state index in [9.17, 15) is 0 Å². The summed E-state index contributed by atoms with van der Waals surface area (Å²) >= 11 is 0. The Labute approximate surface area is 120 Å². The number of nitrogens with one attached hydrogen (secondary N) is 2. The van der Waals surface area contributed by atoms with E-state index >= 15 is 0 Å². The molecule has 1 aromatic heterocycles. The molecule has 1 aliphatic rings. The Balaban J connectivity index is 1.40. The second-order valence-electron chi connectivity index (χ2n) is 5.52. The lowest BCUT2D eigenvalue weighted by molar-refractivity contribution is 0.190. The second-order valence-corrected chi connectivity index (χ2v) is 5.52. The first kappa shape index (κ1) is 13.3. The highest BCUT2D eigenvalue weighted by atomic mass is 15.1. The summed E-state index contributed by atoms with van der Waals surface area (Å²) in [5.74, 6) is 0. The summed E-state index contributed by atoms with van der Waals surface area (Å²) in [6.07, 6.45) is 6.30. The minimum atomic E-state index is 0.636. The van der Waals surface area contributed by atoms with Gasteiger partial charge in [0.2, 0.25) is 0 Å². The van der Waals surface area contributed by atoms with Crippen LogP contribution in [0.4, 0.5) is 0 Å². The summed E-state index contributed by atoms with van der Waals surface area (Å²) in [7, 11) is 0. The molecule has 4 heteroatoms. The van der Waals surface area contributed by atoms with E-state index in [4.69, 9.17) is 0 Å². The molecule has 2 aromatic rings. The lowest BCUT2D eigenvalue weighted by atomic mass is 10.0. The molecule has 0 atom stereocenters. The van der Waals surface area contributed by atoms with Gasteiger partial charge in [-0.3, -0.25) is 10.00 Å². The number of hydrogen-bond acceptors (Lipinski definition) is 3. The van der Waals surface area contributed by atoms with Gasteiger partial charge in [-0.25, -0.2) is 0 Å². The smallest absolute Gasteiger partial charge is 0.0532 e. The van der Waals surface area contributed by atoms with Crippen LogP contribution in [0.5, 0.6) is 0 Å². The molecule has 1 fully saturated rings. The van der Waals surface area contributed by atoms with Crippen molar-refractivity contribution < 1.29 is 0 Å². The van der Waals surface area contributed by atoms with Crippen LogP contribution >= 0.6 is 0 Å². The highest BCUT2D eigenvalue weighted by Gasteiger charge is 2.18. The average Bonchev–Trinajstić information content (AvgIpc) is 3.01. The van der Waals surface area contributed by atoms with Gasteiger partial charge in [-0.15, -0.1) is 0 Å². The van der Waals surface area contributed by atoms with Crippen LogP contribution in [0.1, 0.15) is 24.0 Å². The molecular formula is C16H22N4. The van der Waals surface area contributed by atoms with Crippen molar-refractivity contribution in [3.05, 3.63) is 53.9 Å². The number of hydrogen-bond donors (Lipinski definition) is 2. The molecule has 1 aromatic carbocycles. The van der Waals surface area contributed by atoms with Gasteiger partial charge in [0.25, 0.3) is 0 Å². The summed E-state index contributed by atoms with van der Waals surface area (Å²) in [5.41, 5.74) is 2.65. The van der Waals surface area contributed by atoms with Gasteiger partial charge in [0.1, 0.15) is 0 Å². The molecule has 106 valence electrons. The third kappa shape index (κ3) is 3.68. The zero-order chi connectivity index (χ0) is 13.6. The molecule has 3 rings (SSSR count). The van der Waals surface area contributed by atoms with Crippen molar-refractivity contribution in [3.8, 4) is 0 Å². The minimum absolute atomic E-state index is 0.636. The third-order valence-corrected chi connectivity index (χ3v) is 3.99. The van der Waals surface area contributed by atoms with Gasteiger partial charge >= 0.3 is 0 Å². The molecule has 0 bridgehead atoms. The van der Waals surface area contributed by atoms with Gasteiger partial charge < -0.3 is 5.32 Å². The predicted octanol–water partition coefficient (Wildman–Crippen LogP) is 2.16. The summed E-state index contributed by atoms with van der Waals surface area (Å²) < 4.78 is 0. The van der Waals surface area contributed by atoms with E-state index in [1.54, 1.807) is 0 Å². The highest BCUT2D eigenvalue weighted by Crippen LogP contribution is 2.14. The molecule has 0 aliphatic carbocycles. The number of aromatic nitrogens is 2. The number of likely N-dealkylation sites (tertiary alicyclic amines) is 1. The standard InChI is InChI=1S/C16H22N4/c1-2-4-14(5-3-1)13-20-8-6-16(7-9-20)17-10-15-11-18-19-12-15/h1-5,11-12,16-17H,6-10,13H2,(H,18,19). The number of H-pyrrole nitrogens is 1. The molecule has 2 heterocycles. The Kier molecular flexibility index (Phi) is 4.46. The number of nitrogens with zero attached hydrogens (tertiary/aromatic N) is 2. The predicted molar refractivity (Wildman–Crippen MR) is 80.2 cm³/mol. The Morgan fingerprint density at radius 2 is 1.95 bits per heavy atom. The van der Waals surface area contributed by atoms with E-state index < -0.39 is 0 Å². The van der Waals surface area contributed by atoms with Crippen molar-refractivity contribution in [1.82, 2.24) is 20.4 Å². The Hall–Kier alpha value is -1.65. The third-order valence-electron chi connectivity index (χ3n) is 3.99. The number of aromatic amines is 1. The summed E-state index contributed by atoms with van der Waals surface area (Å²) in [4.78, 5) is 2.55. The van der Waals surface area contributed by atoms with E-state index in [1.807, 2.05) is 12.4 Å². The van der Waals surface area contributed by atoms with E-state index in [1.165, 1.54) is 37.1 Å². The Morgan fingerprint density at radius 3 is 2.65 bits per heavy atom. The van der Waals surface area contributed by atoms with Crippen LogP contribution in [0.2, 0.25) is 0 Å². The lowest BCUT2D eigenvalue weighted by Crippen LogP contribution is -2.41. The van der Waals surface area contributed by atoms with Crippen LogP contribution in [0.25, 0.3) is 0 Å².